The van der Waals surface area contributed by atoms with Gasteiger partial charge in [0.05, 0.1) is 7.11 Å². The van der Waals surface area contributed by atoms with Crippen molar-refractivity contribution in [2.24, 2.45) is 5.92 Å². The molecule has 5 heteroatoms. The molecule has 78 valence electrons. The molecule has 0 aromatic heterocycles. The molecule has 2 N–H and O–H groups in total. The van der Waals surface area contributed by atoms with Gasteiger partial charge in [-0.2, -0.15) is 0 Å². The Bertz CT molecular complexity index is 115. The summed E-state index contributed by atoms with van der Waals surface area (Å²) in [6.45, 7) is 5.60. The number of hydrogen-bond donors (Lipinski definition) is 2. The van der Waals surface area contributed by atoms with E-state index in [-0.39, 0.29) is 21.7 Å². The maximum Gasteiger partial charge on any atom is 0.334 e. The fourth-order valence-corrected chi connectivity index (χ4v) is 0.171. The molecule has 0 fully saturated rings. The molecule has 0 aliphatic carbocycles. The van der Waals surface area contributed by atoms with Gasteiger partial charge in [-0.25, -0.2) is 4.79 Å². The van der Waals surface area contributed by atoms with E-state index in [0.717, 1.165) is 0 Å². The summed E-state index contributed by atoms with van der Waals surface area (Å²) < 4.78 is 4.12. The smallest absolute Gasteiger partial charge is 0.334 e. The predicted molar refractivity (Wildman–Crippen MR) is 45.6 cm³/mol. The minimum absolute atomic E-state index is 0. The van der Waals surface area contributed by atoms with Crippen LogP contribution in [-0.2, 0) is 31.2 Å². The Morgan fingerprint density at radius 1 is 1.38 bits per heavy atom. The van der Waals surface area contributed by atoms with Crippen molar-refractivity contribution in [3.8, 4) is 0 Å². The largest absolute Gasteiger partial charge is 0.467 e. The van der Waals surface area contributed by atoms with E-state index in [1.54, 1.807) is 0 Å². The first-order chi connectivity index (χ1) is 5.45. The van der Waals surface area contributed by atoms with Crippen LogP contribution in [0.1, 0.15) is 20.8 Å². The second-order valence-corrected chi connectivity index (χ2v) is 2.78. The Labute approximate surface area is 94.2 Å². The van der Waals surface area contributed by atoms with Gasteiger partial charge in [-0.1, -0.05) is 13.8 Å². The van der Waals surface area contributed by atoms with E-state index in [0.29, 0.717) is 12.5 Å². The maximum absolute atomic E-state index is 10.0. The van der Waals surface area contributed by atoms with Gasteiger partial charge >= 0.3 is 5.97 Å². The molecule has 0 aliphatic heterocycles. The molecular formula is C8H18O4Ti. The Morgan fingerprint density at radius 3 is 1.69 bits per heavy atom. The van der Waals surface area contributed by atoms with Gasteiger partial charge in [0.1, 0.15) is 6.10 Å². The number of hydrogen-bond acceptors (Lipinski definition) is 4. The number of ether oxygens (including phenoxy) is 1. The predicted octanol–water partition coefficient (Wildman–Crippen LogP) is 0.172. The molecule has 0 aromatic rings. The molecule has 1 unspecified atom stereocenters. The third kappa shape index (κ3) is 18.8. The van der Waals surface area contributed by atoms with Gasteiger partial charge in [-0.05, 0) is 12.8 Å². The van der Waals surface area contributed by atoms with Gasteiger partial charge < -0.3 is 14.9 Å². The van der Waals surface area contributed by atoms with E-state index in [2.05, 4.69) is 4.74 Å². The Balaban J connectivity index is -0.000000150. The molecule has 0 spiro atoms. The number of methoxy groups -OCH3 is 1. The number of rotatable bonds is 2. The molecule has 4 nitrogen and oxygen atoms in total. The number of aliphatic hydroxyl groups is 2. The molecule has 0 saturated heterocycles. The van der Waals surface area contributed by atoms with Crippen molar-refractivity contribution >= 4 is 5.97 Å². The minimum Gasteiger partial charge on any atom is -0.467 e. The summed E-state index contributed by atoms with van der Waals surface area (Å²) in [6, 6.07) is 0. The Hall–Kier alpha value is 0.104. The first-order valence-electron chi connectivity index (χ1n) is 3.82. The van der Waals surface area contributed by atoms with E-state index in [4.69, 9.17) is 10.2 Å². The molecule has 0 bridgehead atoms. The average molecular weight is 226 g/mol. The van der Waals surface area contributed by atoms with Crippen LogP contribution in [-0.4, -0.2) is 36.0 Å². The van der Waals surface area contributed by atoms with Gasteiger partial charge in [0.15, 0.2) is 0 Å². The van der Waals surface area contributed by atoms with Crippen LogP contribution in [0.3, 0.4) is 0 Å². The van der Waals surface area contributed by atoms with Gasteiger partial charge in [0.25, 0.3) is 0 Å². The average Bonchev–Trinajstić information content (AvgIpc) is 2.04. The summed E-state index contributed by atoms with van der Waals surface area (Å²) in [5.74, 6) is -0.157. The van der Waals surface area contributed by atoms with Gasteiger partial charge in [0.2, 0.25) is 0 Å². The van der Waals surface area contributed by atoms with E-state index < -0.39 is 12.1 Å². The van der Waals surface area contributed by atoms with Crippen LogP contribution in [0.15, 0.2) is 0 Å². The molecular weight excluding hydrogens is 208 g/mol. The minimum atomic E-state index is -0.995. The van der Waals surface area contributed by atoms with E-state index in [1.165, 1.54) is 14.0 Å². The second kappa shape index (κ2) is 12.1. The number of aliphatic hydroxyl groups excluding tert-OH is 2. The summed E-state index contributed by atoms with van der Waals surface area (Å²) in [5, 5.41) is 16.5. The van der Waals surface area contributed by atoms with Crippen LogP contribution in [0.2, 0.25) is 0 Å². The third-order valence-electron chi connectivity index (χ3n) is 0.907. The van der Waals surface area contributed by atoms with E-state index >= 15 is 0 Å². The molecule has 0 radical (unpaired) electrons. The molecule has 0 rings (SSSR count). The molecule has 0 heterocycles. The van der Waals surface area contributed by atoms with Gasteiger partial charge in [-0.15, -0.1) is 0 Å². The van der Waals surface area contributed by atoms with Gasteiger partial charge in [0, 0.05) is 28.3 Å². The number of esters is 1. The summed E-state index contributed by atoms with van der Waals surface area (Å²) in [5.41, 5.74) is 0. The van der Waals surface area contributed by atoms with Gasteiger partial charge in [-0.3, -0.25) is 0 Å². The quantitative estimate of drug-likeness (QED) is 0.520. The molecule has 13 heavy (non-hydrogen) atoms. The second-order valence-electron chi connectivity index (χ2n) is 2.78. The summed E-state index contributed by atoms with van der Waals surface area (Å²) in [7, 11) is 1.23. The monoisotopic (exact) mass is 226 g/mol. The zero-order valence-electron chi connectivity index (χ0n) is 8.57. The number of carbonyl (C=O) groups excluding carboxylic acids is 1. The zero-order chi connectivity index (χ0) is 10.1. The van der Waals surface area contributed by atoms with Crippen LogP contribution in [0.5, 0.6) is 0 Å². The van der Waals surface area contributed by atoms with Crippen molar-refractivity contribution in [1.29, 1.82) is 0 Å². The fraction of sp³-hybridized carbons (Fsp3) is 0.875. The first-order valence-corrected chi connectivity index (χ1v) is 3.82. The molecule has 0 amide bonds. The Kier molecular flexibility index (Phi) is 17.5. The molecule has 0 aliphatic rings. The zero-order valence-corrected chi connectivity index (χ0v) is 10.1. The van der Waals surface area contributed by atoms with Crippen LogP contribution >= 0.6 is 0 Å². The van der Waals surface area contributed by atoms with E-state index in [1.807, 2.05) is 13.8 Å². The van der Waals surface area contributed by atoms with E-state index in [9.17, 15) is 4.79 Å². The fourth-order valence-electron chi connectivity index (χ4n) is 0.171. The van der Waals surface area contributed by atoms with Crippen LogP contribution in [0, 0.1) is 5.92 Å². The summed E-state index contributed by atoms with van der Waals surface area (Å²) in [4.78, 5) is 10.0. The normalized spacial score (nSPS) is 10.7. The van der Waals surface area contributed by atoms with Crippen molar-refractivity contribution in [1.82, 2.24) is 0 Å². The topological polar surface area (TPSA) is 66.8 Å². The van der Waals surface area contributed by atoms with Crippen molar-refractivity contribution in [3.63, 3.8) is 0 Å². The summed E-state index contributed by atoms with van der Waals surface area (Å²) >= 11 is 0. The van der Waals surface area contributed by atoms with Crippen molar-refractivity contribution < 1.29 is 41.5 Å². The van der Waals surface area contributed by atoms with Crippen molar-refractivity contribution in [2.75, 3.05) is 13.7 Å². The summed E-state index contributed by atoms with van der Waals surface area (Å²) in [6.07, 6.45) is -0.995. The van der Waals surface area contributed by atoms with Crippen LogP contribution in [0.25, 0.3) is 0 Å². The SMILES string of the molecule is CC(C)CO.COC(=O)C(C)O.[Ti]. The third-order valence-corrected chi connectivity index (χ3v) is 0.907. The standard InChI is InChI=1S/C4H8O3.C4H10O.Ti/c1-3(5)4(6)7-2;1-4(2)3-5;/h3,5H,1-2H3;4-5H,3H2,1-2H3;. The molecule has 0 aromatic carbocycles. The van der Waals surface area contributed by atoms with Crippen molar-refractivity contribution in [2.45, 2.75) is 26.9 Å². The Morgan fingerprint density at radius 2 is 1.69 bits per heavy atom. The van der Waals surface area contributed by atoms with Crippen LogP contribution < -0.4 is 0 Å². The van der Waals surface area contributed by atoms with Crippen LogP contribution in [0.4, 0.5) is 0 Å². The first kappa shape index (κ1) is 18.8. The number of carbonyl (C=O) groups is 1. The van der Waals surface area contributed by atoms with Crippen molar-refractivity contribution in [3.05, 3.63) is 0 Å². The molecule has 1 atom stereocenters. The maximum atomic E-state index is 10.0. The molecule has 0 saturated carbocycles.